The Balaban J connectivity index is 1.30. The molecule has 2 atom stereocenters. The van der Waals surface area contributed by atoms with Crippen molar-refractivity contribution >= 4 is 29.2 Å². The third-order valence-electron chi connectivity index (χ3n) is 6.58. The monoisotopic (exact) mass is 462 g/mol. The van der Waals surface area contributed by atoms with Crippen LogP contribution < -0.4 is 10.2 Å². The number of carbonyl (C=O) groups is 3. The average Bonchev–Trinajstić information content (AvgIpc) is 3.27. The van der Waals surface area contributed by atoms with Crippen LogP contribution in [0.5, 0.6) is 0 Å². The molecule has 0 radical (unpaired) electrons. The van der Waals surface area contributed by atoms with E-state index in [1.54, 1.807) is 15.9 Å². The van der Waals surface area contributed by atoms with Crippen LogP contribution in [0.1, 0.15) is 42.6 Å². The molecule has 8 heteroatoms. The molecule has 0 bridgehead atoms. The molecule has 3 heterocycles. The molecule has 0 aliphatic carbocycles. The fraction of sp³-hybridized carbons (Fsp3) is 0.423. The summed E-state index contributed by atoms with van der Waals surface area (Å²) in [6.45, 7) is 8.36. The van der Waals surface area contributed by atoms with Crippen molar-refractivity contribution in [2.24, 2.45) is 0 Å². The molecule has 1 saturated heterocycles. The number of hydrogen-bond donors (Lipinski definition) is 1. The summed E-state index contributed by atoms with van der Waals surface area (Å²) in [5.41, 5.74) is 2.60. The Labute approximate surface area is 199 Å². The maximum Gasteiger partial charge on any atom is 0.410 e. The maximum absolute atomic E-state index is 13.7. The van der Waals surface area contributed by atoms with Crippen LogP contribution in [-0.2, 0) is 9.53 Å². The Morgan fingerprint density at radius 1 is 1.00 bits per heavy atom. The Kier molecular flexibility index (Phi) is 5.56. The van der Waals surface area contributed by atoms with Crippen LogP contribution >= 0.6 is 0 Å². The van der Waals surface area contributed by atoms with Crippen molar-refractivity contribution in [1.82, 2.24) is 9.80 Å². The van der Waals surface area contributed by atoms with Crippen molar-refractivity contribution in [3.63, 3.8) is 0 Å². The SMILES string of the molecule is CC(C)(C)OC(=O)N1CCN(CN2C(=O)C(C3Nc4ccccc4C3=O)c3ccccc32)CC1. The number of amides is 2. The van der Waals surface area contributed by atoms with E-state index in [-0.39, 0.29) is 17.8 Å². The van der Waals surface area contributed by atoms with Gasteiger partial charge in [0.25, 0.3) is 0 Å². The van der Waals surface area contributed by atoms with Gasteiger partial charge in [-0.2, -0.15) is 0 Å². The number of anilines is 2. The van der Waals surface area contributed by atoms with Gasteiger partial charge in [-0.15, -0.1) is 0 Å². The third kappa shape index (κ3) is 4.03. The quantitative estimate of drug-likeness (QED) is 0.754. The standard InChI is InChI=1S/C26H30N4O4/c1-26(2,3)34-25(33)29-14-12-28(13-15-29)16-30-20-11-7-5-9-18(20)21(24(30)32)22-23(31)17-8-4-6-10-19(17)27-22/h4-11,21-22,27H,12-16H2,1-3H3. The predicted octanol–water partition coefficient (Wildman–Crippen LogP) is 3.30. The summed E-state index contributed by atoms with van der Waals surface area (Å²) >= 11 is 0. The molecule has 178 valence electrons. The molecule has 1 fully saturated rings. The van der Waals surface area contributed by atoms with Gasteiger partial charge in [0.2, 0.25) is 5.91 Å². The number of piperazine rings is 1. The van der Waals surface area contributed by atoms with Crippen LogP contribution in [-0.4, -0.2) is 72.1 Å². The van der Waals surface area contributed by atoms with Crippen LogP contribution in [0.3, 0.4) is 0 Å². The van der Waals surface area contributed by atoms with E-state index in [2.05, 4.69) is 10.2 Å². The number of hydrogen-bond acceptors (Lipinski definition) is 6. The van der Waals surface area contributed by atoms with Gasteiger partial charge in [-0.05, 0) is 44.5 Å². The molecular formula is C26H30N4O4. The lowest BCUT2D eigenvalue weighted by Crippen LogP contribution is -2.53. The highest BCUT2D eigenvalue weighted by Crippen LogP contribution is 2.43. The minimum Gasteiger partial charge on any atom is -0.444 e. The molecule has 0 saturated carbocycles. The zero-order chi connectivity index (χ0) is 24.0. The highest BCUT2D eigenvalue weighted by atomic mass is 16.6. The van der Waals surface area contributed by atoms with Crippen molar-refractivity contribution in [3.8, 4) is 0 Å². The molecule has 2 aromatic carbocycles. The largest absolute Gasteiger partial charge is 0.444 e. The van der Waals surface area contributed by atoms with Crippen molar-refractivity contribution in [2.45, 2.75) is 38.3 Å². The predicted molar refractivity (Wildman–Crippen MR) is 129 cm³/mol. The van der Waals surface area contributed by atoms with E-state index < -0.39 is 17.6 Å². The number of ether oxygens (including phenoxy) is 1. The molecule has 8 nitrogen and oxygen atoms in total. The topological polar surface area (TPSA) is 82.2 Å². The third-order valence-corrected chi connectivity index (χ3v) is 6.58. The second-order valence-corrected chi connectivity index (χ2v) is 10.1. The van der Waals surface area contributed by atoms with E-state index in [9.17, 15) is 14.4 Å². The zero-order valence-electron chi connectivity index (χ0n) is 19.8. The lowest BCUT2D eigenvalue weighted by atomic mass is 9.90. The summed E-state index contributed by atoms with van der Waals surface area (Å²) in [6, 6.07) is 14.5. The lowest BCUT2D eigenvalue weighted by molar-refractivity contribution is -0.120. The van der Waals surface area contributed by atoms with Crippen molar-refractivity contribution in [2.75, 3.05) is 43.1 Å². The summed E-state index contributed by atoms with van der Waals surface area (Å²) in [6.07, 6.45) is -0.305. The van der Waals surface area contributed by atoms with Gasteiger partial charge >= 0.3 is 6.09 Å². The van der Waals surface area contributed by atoms with E-state index in [1.807, 2.05) is 63.2 Å². The fourth-order valence-electron chi connectivity index (χ4n) is 4.94. The number of carbonyl (C=O) groups excluding carboxylic acids is 3. The van der Waals surface area contributed by atoms with Gasteiger partial charge in [-0.3, -0.25) is 19.4 Å². The van der Waals surface area contributed by atoms with Gasteiger partial charge in [0, 0.05) is 43.1 Å². The zero-order valence-corrected chi connectivity index (χ0v) is 19.8. The highest BCUT2D eigenvalue weighted by molar-refractivity contribution is 6.16. The Hall–Kier alpha value is -3.39. The molecule has 5 rings (SSSR count). The normalized spacial score (nSPS) is 22.4. The van der Waals surface area contributed by atoms with E-state index in [1.165, 1.54) is 0 Å². The van der Waals surface area contributed by atoms with Gasteiger partial charge in [-0.1, -0.05) is 30.3 Å². The first-order valence-electron chi connectivity index (χ1n) is 11.7. The molecule has 2 unspecified atom stereocenters. The number of nitrogens with zero attached hydrogens (tertiary/aromatic N) is 3. The number of rotatable bonds is 3. The molecule has 34 heavy (non-hydrogen) atoms. The van der Waals surface area contributed by atoms with Gasteiger partial charge in [0.05, 0.1) is 12.6 Å². The average molecular weight is 463 g/mol. The van der Waals surface area contributed by atoms with Gasteiger partial charge in [0.15, 0.2) is 5.78 Å². The smallest absolute Gasteiger partial charge is 0.410 e. The van der Waals surface area contributed by atoms with E-state index in [0.29, 0.717) is 38.4 Å². The highest BCUT2D eigenvalue weighted by Gasteiger charge is 2.47. The minimum absolute atomic E-state index is 0.0448. The summed E-state index contributed by atoms with van der Waals surface area (Å²) in [7, 11) is 0. The molecule has 0 spiro atoms. The first-order valence-corrected chi connectivity index (χ1v) is 11.7. The minimum atomic E-state index is -0.611. The van der Waals surface area contributed by atoms with Crippen LogP contribution in [0.2, 0.25) is 0 Å². The number of nitrogens with one attached hydrogen (secondary N) is 1. The Morgan fingerprint density at radius 2 is 1.68 bits per heavy atom. The van der Waals surface area contributed by atoms with Crippen LogP contribution in [0.25, 0.3) is 0 Å². The number of Topliss-reactive ketones (excluding diaryl/α,β-unsaturated/α-hetero) is 1. The van der Waals surface area contributed by atoms with Crippen LogP contribution in [0.4, 0.5) is 16.2 Å². The second kappa shape index (κ2) is 8.43. The molecule has 3 aliphatic heterocycles. The molecular weight excluding hydrogens is 432 g/mol. The Morgan fingerprint density at radius 3 is 2.38 bits per heavy atom. The van der Waals surface area contributed by atoms with Crippen molar-refractivity contribution < 1.29 is 19.1 Å². The number of fused-ring (bicyclic) bond motifs is 2. The molecule has 3 aliphatic rings. The number of ketones is 1. The first kappa shape index (κ1) is 22.4. The van der Waals surface area contributed by atoms with Crippen LogP contribution in [0, 0.1) is 0 Å². The summed E-state index contributed by atoms with van der Waals surface area (Å²) in [5, 5.41) is 3.29. The molecule has 0 aromatic heterocycles. The molecule has 1 N–H and O–H groups in total. The van der Waals surface area contributed by atoms with Gasteiger partial charge in [0.1, 0.15) is 11.6 Å². The summed E-state index contributed by atoms with van der Waals surface area (Å²) in [5.74, 6) is -0.690. The summed E-state index contributed by atoms with van der Waals surface area (Å²) < 4.78 is 5.48. The lowest BCUT2D eigenvalue weighted by Gasteiger charge is -2.37. The fourth-order valence-corrected chi connectivity index (χ4v) is 4.94. The van der Waals surface area contributed by atoms with Gasteiger partial charge in [-0.25, -0.2) is 4.79 Å². The van der Waals surface area contributed by atoms with E-state index >= 15 is 0 Å². The van der Waals surface area contributed by atoms with E-state index in [4.69, 9.17) is 4.74 Å². The van der Waals surface area contributed by atoms with Gasteiger partial charge < -0.3 is 15.0 Å². The first-order chi connectivity index (χ1) is 16.2. The van der Waals surface area contributed by atoms with Crippen molar-refractivity contribution in [3.05, 3.63) is 59.7 Å². The molecule has 2 aromatic rings. The number of benzene rings is 2. The Bertz CT molecular complexity index is 1130. The van der Waals surface area contributed by atoms with Crippen LogP contribution in [0.15, 0.2) is 48.5 Å². The van der Waals surface area contributed by atoms with E-state index in [0.717, 1.165) is 16.9 Å². The summed E-state index contributed by atoms with van der Waals surface area (Å²) in [4.78, 5) is 44.8. The maximum atomic E-state index is 13.7. The second-order valence-electron chi connectivity index (χ2n) is 10.1. The van der Waals surface area contributed by atoms with Crippen molar-refractivity contribution in [1.29, 1.82) is 0 Å². The molecule has 2 amide bonds. The number of para-hydroxylation sites is 2.